The summed E-state index contributed by atoms with van der Waals surface area (Å²) in [7, 11) is 0. The predicted octanol–water partition coefficient (Wildman–Crippen LogP) is 5.59. The highest BCUT2D eigenvalue weighted by Crippen LogP contribution is 2.21. The minimum absolute atomic E-state index is 0.133. The highest BCUT2D eigenvalue weighted by atomic mass is 79.9. The van der Waals surface area contributed by atoms with Crippen LogP contribution in [0.1, 0.15) is 0 Å². The van der Waals surface area contributed by atoms with Gasteiger partial charge in [-0.1, -0.05) is 54.1 Å². The standard InChI is InChI=1S/C6H5BrO.C6H5ClO.C6H6O/c2*7-5-3-1-2-4-6(5)8;7-6-4-2-1-3-5-6/h2*1-4,8H;1-5,7H. The van der Waals surface area contributed by atoms with Gasteiger partial charge in [0.1, 0.15) is 17.2 Å². The van der Waals surface area contributed by atoms with Gasteiger partial charge in [-0.15, -0.1) is 0 Å². The Morgan fingerprint density at radius 3 is 1.39 bits per heavy atom. The molecule has 3 aromatic rings. The van der Waals surface area contributed by atoms with E-state index in [1.807, 2.05) is 12.1 Å². The van der Waals surface area contributed by atoms with Crippen LogP contribution < -0.4 is 0 Å². The lowest BCUT2D eigenvalue weighted by atomic mass is 10.3. The molecule has 3 N–H and O–H groups in total. The van der Waals surface area contributed by atoms with E-state index >= 15 is 0 Å². The van der Waals surface area contributed by atoms with Gasteiger partial charge in [0.2, 0.25) is 0 Å². The Labute approximate surface area is 148 Å². The fraction of sp³-hybridized carbons (Fsp3) is 0. The maximum atomic E-state index is 8.87. The fourth-order valence-corrected chi connectivity index (χ4v) is 1.75. The van der Waals surface area contributed by atoms with Crippen LogP contribution in [0.15, 0.2) is 83.3 Å². The maximum Gasteiger partial charge on any atom is 0.134 e. The van der Waals surface area contributed by atoms with Gasteiger partial charge in [0.15, 0.2) is 0 Å². The zero-order valence-electron chi connectivity index (χ0n) is 12.1. The molecule has 3 aromatic carbocycles. The summed E-state index contributed by atoms with van der Waals surface area (Å²) in [6, 6.07) is 22.4. The zero-order valence-corrected chi connectivity index (χ0v) is 14.4. The van der Waals surface area contributed by atoms with E-state index in [-0.39, 0.29) is 11.5 Å². The predicted molar refractivity (Wildman–Crippen MR) is 97.0 cm³/mol. The molecule has 0 aromatic heterocycles. The molecule has 0 fully saturated rings. The Morgan fingerprint density at radius 1 is 0.609 bits per heavy atom. The second-order valence-electron chi connectivity index (χ2n) is 4.24. The number of hydrogen-bond acceptors (Lipinski definition) is 3. The molecule has 3 nitrogen and oxygen atoms in total. The highest BCUT2D eigenvalue weighted by Gasteiger charge is 1.90. The van der Waals surface area contributed by atoms with Crippen molar-refractivity contribution < 1.29 is 15.3 Å². The topological polar surface area (TPSA) is 60.7 Å². The first-order valence-corrected chi connectivity index (χ1v) is 7.79. The third kappa shape index (κ3) is 8.14. The quantitative estimate of drug-likeness (QED) is 0.465. The van der Waals surface area contributed by atoms with Gasteiger partial charge < -0.3 is 15.3 Å². The SMILES string of the molecule is Oc1ccccc1.Oc1ccccc1Br.Oc1ccccc1Cl. The van der Waals surface area contributed by atoms with Gasteiger partial charge >= 0.3 is 0 Å². The largest absolute Gasteiger partial charge is 0.508 e. The molecule has 0 heterocycles. The monoisotopic (exact) mass is 394 g/mol. The molecule has 0 bridgehead atoms. The number of benzene rings is 3. The van der Waals surface area contributed by atoms with Crippen molar-refractivity contribution in [2.45, 2.75) is 0 Å². The van der Waals surface area contributed by atoms with E-state index in [1.165, 1.54) is 0 Å². The molecule has 23 heavy (non-hydrogen) atoms. The van der Waals surface area contributed by atoms with Gasteiger partial charge in [0.05, 0.1) is 9.50 Å². The summed E-state index contributed by atoms with van der Waals surface area (Å²) in [5.41, 5.74) is 0. The lowest BCUT2D eigenvalue weighted by Gasteiger charge is -1.90. The lowest BCUT2D eigenvalue weighted by Crippen LogP contribution is -1.63. The Bertz CT molecular complexity index is 620. The van der Waals surface area contributed by atoms with Crippen molar-refractivity contribution >= 4 is 27.5 Å². The first-order valence-electron chi connectivity index (χ1n) is 6.61. The smallest absolute Gasteiger partial charge is 0.134 e. The second-order valence-corrected chi connectivity index (χ2v) is 5.50. The minimum atomic E-state index is 0.133. The van der Waals surface area contributed by atoms with E-state index in [2.05, 4.69) is 15.9 Å². The van der Waals surface area contributed by atoms with Crippen molar-refractivity contribution in [1.82, 2.24) is 0 Å². The second kappa shape index (κ2) is 10.5. The third-order valence-corrected chi connectivity index (χ3v) is 3.45. The van der Waals surface area contributed by atoms with Crippen molar-refractivity contribution in [3.8, 4) is 17.2 Å². The van der Waals surface area contributed by atoms with E-state index in [1.54, 1.807) is 66.7 Å². The number of aromatic hydroxyl groups is 3. The van der Waals surface area contributed by atoms with Crippen LogP contribution in [0.4, 0.5) is 0 Å². The Morgan fingerprint density at radius 2 is 1.09 bits per heavy atom. The van der Waals surface area contributed by atoms with E-state index in [0.29, 0.717) is 10.8 Å². The van der Waals surface area contributed by atoms with Gasteiger partial charge in [-0.2, -0.15) is 0 Å². The minimum Gasteiger partial charge on any atom is -0.508 e. The van der Waals surface area contributed by atoms with Crippen LogP contribution in [-0.4, -0.2) is 15.3 Å². The van der Waals surface area contributed by atoms with Crippen molar-refractivity contribution in [3.05, 3.63) is 88.4 Å². The Kier molecular flexibility index (Phi) is 8.65. The molecule has 0 saturated carbocycles. The van der Waals surface area contributed by atoms with Crippen LogP contribution in [0.2, 0.25) is 5.02 Å². The van der Waals surface area contributed by atoms with Gasteiger partial charge in [-0.25, -0.2) is 0 Å². The Hall–Kier alpha value is -2.17. The van der Waals surface area contributed by atoms with Crippen molar-refractivity contribution in [2.75, 3.05) is 0 Å². The normalized spacial score (nSPS) is 8.96. The summed E-state index contributed by atoms with van der Waals surface area (Å²) < 4.78 is 0.736. The molecular formula is C18H16BrClO3. The molecule has 0 radical (unpaired) electrons. The molecule has 3 rings (SSSR count). The van der Waals surface area contributed by atoms with Crippen LogP contribution in [0.25, 0.3) is 0 Å². The van der Waals surface area contributed by atoms with Gasteiger partial charge in [-0.05, 0) is 52.3 Å². The number of rotatable bonds is 0. The summed E-state index contributed by atoms with van der Waals surface area (Å²) in [5, 5.41) is 26.7. The molecule has 5 heteroatoms. The van der Waals surface area contributed by atoms with E-state index < -0.39 is 0 Å². The van der Waals surface area contributed by atoms with E-state index in [0.717, 1.165) is 4.47 Å². The number of halogens is 2. The zero-order chi connectivity index (χ0) is 17.1. The van der Waals surface area contributed by atoms with Crippen molar-refractivity contribution in [1.29, 1.82) is 0 Å². The number of para-hydroxylation sites is 3. The summed E-state index contributed by atoms with van der Waals surface area (Å²) in [5.74, 6) is 0.740. The molecule has 0 atom stereocenters. The molecule has 0 spiro atoms. The molecule has 120 valence electrons. The van der Waals surface area contributed by atoms with Gasteiger partial charge in [0.25, 0.3) is 0 Å². The molecular weight excluding hydrogens is 380 g/mol. The van der Waals surface area contributed by atoms with E-state index in [4.69, 9.17) is 26.9 Å². The van der Waals surface area contributed by atoms with Crippen LogP contribution in [0.3, 0.4) is 0 Å². The van der Waals surface area contributed by atoms with Crippen LogP contribution in [0, 0.1) is 0 Å². The summed E-state index contributed by atoms with van der Waals surface area (Å²) in [6.07, 6.45) is 0. The van der Waals surface area contributed by atoms with Crippen LogP contribution in [0.5, 0.6) is 17.2 Å². The van der Waals surface area contributed by atoms with Crippen molar-refractivity contribution in [2.24, 2.45) is 0 Å². The first-order chi connectivity index (χ1) is 11.0. The lowest BCUT2D eigenvalue weighted by molar-refractivity contribution is 0.472. The number of hydrogen-bond donors (Lipinski definition) is 3. The van der Waals surface area contributed by atoms with Gasteiger partial charge in [0, 0.05) is 0 Å². The molecule has 0 unspecified atom stereocenters. The molecule has 0 aliphatic rings. The number of phenols is 3. The van der Waals surface area contributed by atoms with E-state index in [9.17, 15) is 0 Å². The van der Waals surface area contributed by atoms with Crippen LogP contribution >= 0.6 is 27.5 Å². The molecule has 0 aliphatic heterocycles. The van der Waals surface area contributed by atoms with Crippen molar-refractivity contribution in [3.63, 3.8) is 0 Å². The average molecular weight is 396 g/mol. The Balaban J connectivity index is 0.000000173. The number of phenolic OH excluding ortho intramolecular Hbond substituents is 3. The van der Waals surface area contributed by atoms with Gasteiger partial charge in [-0.3, -0.25) is 0 Å². The molecule has 0 amide bonds. The summed E-state index contributed by atoms with van der Waals surface area (Å²) >= 11 is 8.60. The van der Waals surface area contributed by atoms with Crippen LogP contribution in [-0.2, 0) is 0 Å². The summed E-state index contributed by atoms with van der Waals surface area (Å²) in [4.78, 5) is 0. The first kappa shape index (κ1) is 18.9. The average Bonchev–Trinajstić information content (AvgIpc) is 2.55. The fourth-order valence-electron chi connectivity index (χ4n) is 1.33. The maximum absolute atomic E-state index is 8.87. The highest BCUT2D eigenvalue weighted by molar-refractivity contribution is 9.10. The summed E-state index contributed by atoms with van der Waals surface area (Å²) in [6.45, 7) is 0. The molecule has 0 aliphatic carbocycles. The molecule has 0 saturated heterocycles. The third-order valence-electron chi connectivity index (χ3n) is 2.46.